The van der Waals surface area contributed by atoms with Crippen LogP contribution >= 0.6 is 0 Å². The van der Waals surface area contributed by atoms with E-state index < -0.39 is 6.10 Å². The van der Waals surface area contributed by atoms with Gasteiger partial charge in [0.2, 0.25) is 0 Å². The molecule has 0 rings (SSSR count). The van der Waals surface area contributed by atoms with Crippen molar-refractivity contribution < 1.29 is 24.1 Å². The van der Waals surface area contributed by atoms with Crippen LogP contribution in [0.4, 0.5) is 0 Å². The van der Waals surface area contributed by atoms with E-state index in [0.717, 1.165) is 0 Å². The van der Waals surface area contributed by atoms with Crippen LogP contribution in [-0.4, -0.2) is 53.6 Å². The number of aliphatic hydroxyl groups is 1. The number of carbonyl (C=O) groups is 1. The van der Waals surface area contributed by atoms with Gasteiger partial charge in [-0.05, 0) is 54.9 Å². The van der Waals surface area contributed by atoms with Crippen LogP contribution in [0.3, 0.4) is 0 Å². The fourth-order valence-corrected chi connectivity index (χ4v) is 2.86. The van der Waals surface area contributed by atoms with Crippen molar-refractivity contribution in [3.05, 3.63) is 0 Å². The molecule has 0 aromatic rings. The van der Waals surface area contributed by atoms with Crippen LogP contribution in [-0.2, 0) is 19.0 Å². The Hall–Kier alpha value is -0.490. The zero-order valence-electron chi connectivity index (χ0n) is 18.3. The predicted molar refractivity (Wildman–Crippen MR) is 105 cm³/mol. The molecule has 4 unspecified atom stereocenters. The van der Waals surface area contributed by atoms with Gasteiger partial charge in [0.15, 0.2) is 0 Å². The van der Waals surface area contributed by atoms with Crippen LogP contribution < -0.4 is 0 Å². The second-order valence-corrected chi connectivity index (χ2v) is 8.30. The quantitative estimate of drug-likeness (QED) is 0.495. The molecule has 0 aromatic carbocycles. The molecule has 0 heterocycles. The lowest BCUT2D eigenvalue weighted by Crippen LogP contribution is -2.41. The number of ether oxygens (including phenoxy) is 3. The molecule has 0 aliphatic carbocycles. The number of hydrogen-bond donors (Lipinski definition) is 1. The molecule has 0 saturated carbocycles. The molecule has 0 spiro atoms. The summed E-state index contributed by atoms with van der Waals surface area (Å²) in [5.74, 6) is 0.243. The fourth-order valence-electron chi connectivity index (χ4n) is 2.86. The minimum absolute atomic E-state index is 0.00702. The summed E-state index contributed by atoms with van der Waals surface area (Å²) in [6.07, 6.45) is 0.0909. The maximum Gasteiger partial charge on any atom is 0.135 e. The highest BCUT2D eigenvalue weighted by molar-refractivity contribution is 5.80. The second kappa shape index (κ2) is 12.8. The molecule has 0 fully saturated rings. The normalized spacial score (nSPS) is 17.2. The zero-order chi connectivity index (χ0) is 20.4. The third-order valence-corrected chi connectivity index (χ3v) is 4.13. The van der Waals surface area contributed by atoms with Gasteiger partial charge in [-0.15, -0.1) is 0 Å². The fraction of sp³-hybridized carbons (Fsp3) is 0.952. The van der Waals surface area contributed by atoms with Gasteiger partial charge in [0.25, 0.3) is 0 Å². The molecule has 156 valence electrons. The third kappa shape index (κ3) is 11.3. The molecule has 5 nitrogen and oxygen atoms in total. The summed E-state index contributed by atoms with van der Waals surface area (Å²) in [6, 6.07) is 0. The van der Waals surface area contributed by atoms with E-state index in [0.29, 0.717) is 19.3 Å². The Balaban J connectivity index is 5.13. The van der Waals surface area contributed by atoms with Crippen LogP contribution in [0.1, 0.15) is 81.6 Å². The lowest BCUT2D eigenvalue weighted by Gasteiger charge is -2.33. The van der Waals surface area contributed by atoms with Crippen LogP contribution in [0.15, 0.2) is 0 Å². The summed E-state index contributed by atoms with van der Waals surface area (Å²) < 4.78 is 17.9. The maximum absolute atomic E-state index is 12.1. The molecule has 5 heteroatoms. The summed E-state index contributed by atoms with van der Waals surface area (Å²) in [5.41, 5.74) is 0. The first-order chi connectivity index (χ1) is 11.9. The Labute approximate surface area is 160 Å². The first-order valence-corrected chi connectivity index (χ1v) is 10.1. The number of aliphatic hydroxyl groups excluding tert-OH is 1. The van der Waals surface area contributed by atoms with E-state index in [9.17, 15) is 9.90 Å². The molecular formula is C21H42O5. The molecule has 0 aliphatic heterocycles. The van der Waals surface area contributed by atoms with E-state index in [1.165, 1.54) is 0 Å². The molecule has 1 N–H and O–H groups in total. The summed E-state index contributed by atoms with van der Waals surface area (Å²) in [4.78, 5) is 12.1. The van der Waals surface area contributed by atoms with E-state index in [1.54, 1.807) is 0 Å². The average Bonchev–Trinajstić information content (AvgIpc) is 2.48. The molecule has 0 saturated heterocycles. The van der Waals surface area contributed by atoms with Gasteiger partial charge in [-0.3, -0.25) is 4.79 Å². The van der Waals surface area contributed by atoms with Crippen molar-refractivity contribution in [1.29, 1.82) is 0 Å². The van der Waals surface area contributed by atoms with Gasteiger partial charge in [-0.1, -0.05) is 13.8 Å². The zero-order valence-corrected chi connectivity index (χ0v) is 18.3. The van der Waals surface area contributed by atoms with Crippen molar-refractivity contribution in [2.45, 2.75) is 124 Å². The molecule has 26 heavy (non-hydrogen) atoms. The highest BCUT2D eigenvalue weighted by Crippen LogP contribution is 2.22. The van der Waals surface area contributed by atoms with Gasteiger partial charge in [-0.25, -0.2) is 0 Å². The van der Waals surface area contributed by atoms with Crippen molar-refractivity contribution in [1.82, 2.24) is 0 Å². The highest BCUT2D eigenvalue weighted by Gasteiger charge is 2.30. The monoisotopic (exact) mass is 374 g/mol. The van der Waals surface area contributed by atoms with Crippen LogP contribution in [0, 0.1) is 5.92 Å². The Morgan fingerprint density at radius 3 is 1.65 bits per heavy atom. The lowest BCUT2D eigenvalue weighted by atomic mass is 9.96. The Kier molecular flexibility index (Phi) is 12.6. The molecule has 0 aromatic heterocycles. The molecule has 0 radical (unpaired) electrons. The Bertz CT molecular complexity index is 379. The average molecular weight is 375 g/mol. The summed E-state index contributed by atoms with van der Waals surface area (Å²) >= 11 is 0. The summed E-state index contributed by atoms with van der Waals surface area (Å²) in [7, 11) is 0. The van der Waals surface area contributed by atoms with Gasteiger partial charge >= 0.3 is 0 Å². The lowest BCUT2D eigenvalue weighted by molar-refractivity contribution is -0.142. The van der Waals surface area contributed by atoms with Crippen molar-refractivity contribution in [2.75, 3.05) is 0 Å². The first kappa shape index (κ1) is 25.5. The van der Waals surface area contributed by atoms with E-state index in [2.05, 4.69) is 0 Å². The van der Waals surface area contributed by atoms with Gasteiger partial charge in [-0.2, -0.15) is 0 Å². The first-order valence-electron chi connectivity index (χ1n) is 10.1. The van der Waals surface area contributed by atoms with Gasteiger partial charge in [0, 0.05) is 18.8 Å². The number of rotatable bonds is 14. The molecule has 0 amide bonds. The van der Waals surface area contributed by atoms with E-state index >= 15 is 0 Å². The predicted octanol–water partition coefficient (Wildman–Crippen LogP) is 4.14. The molecule has 4 atom stereocenters. The Morgan fingerprint density at radius 1 is 0.769 bits per heavy atom. The molecule has 0 aliphatic rings. The second-order valence-electron chi connectivity index (χ2n) is 8.30. The van der Waals surface area contributed by atoms with E-state index in [4.69, 9.17) is 14.2 Å². The topological polar surface area (TPSA) is 65.0 Å². The largest absolute Gasteiger partial charge is 0.390 e. The SMILES string of the molecule is CC(C)OC(C)C(O)CC(OC(C)C)C(CCC(=O)C(C)C)OC(C)C. The van der Waals surface area contributed by atoms with Gasteiger partial charge in [0.1, 0.15) is 5.78 Å². The molecular weight excluding hydrogens is 332 g/mol. The van der Waals surface area contributed by atoms with Gasteiger partial charge in [0.05, 0.1) is 42.7 Å². The van der Waals surface area contributed by atoms with Crippen LogP contribution in [0.2, 0.25) is 0 Å². The number of ketones is 1. The Morgan fingerprint density at radius 2 is 1.23 bits per heavy atom. The summed E-state index contributed by atoms with van der Waals surface area (Å²) in [5, 5.41) is 10.6. The third-order valence-electron chi connectivity index (χ3n) is 4.13. The minimum atomic E-state index is -0.653. The van der Waals surface area contributed by atoms with Crippen LogP contribution in [0.5, 0.6) is 0 Å². The number of Topliss-reactive ketones (excluding diaryl/α,β-unsaturated/α-hetero) is 1. The standard InChI is InChI=1S/C21H42O5/c1-13(2)18(22)10-11-20(25-15(5)6)21(26-16(7)8)12-19(23)17(9)24-14(3)4/h13-17,19-21,23H,10-12H2,1-9H3. The molecule has 0 bridgehead atoms. The highest BCUT2D eigenvalue weighted by atomic mass is 16.6. The van der Waals surface area contributed by atoms with E-state index in [-0.39, 0.29) is 48.3 Å². The summed E-state index contributed by atoms with van der Waals surface area (Å²) in [6.45, 7) is 17.5. The van der Waals surface area contributed by atoms with Crippen LogP contribution in [0.25, 0.3) is 0 Å². The minimum Gasteiger partial charge on any atom is -0.390 e. The number of carbonyl (C=O) groups excluding carboxylic acids is 1. The van der Waals surface area contributed by atoms with Crippen molar-refractivity contribution >= 4 is 5.78 Å². The maximum atomic E-state index is 12.1. The van der Waals surface area contributed by atoms with Crippen molar-refractivity contribution in [2.24, 2.45) is 5.92 Å². The van der Waals surface area contributed by atoms with E-state index in [1.807, 2.05) is 62.3 Å². The smallest absolute Gasteiger partial charge is 0.135 e. The van der Waals surface area contributed by atoms with Crippen molar-refractivity contribution in [3.8, 4) is 0 Å². The van der Waals surface area contributed by atoms with Crippen molar-refractivity contribution in [3.63, 3.8) is 0 Å². The van der Waals surface area contributed by atoms with Gasteiger partial charge < -0.3 is 19.3 Å². The number of hydrogen-bond acceptors (Lipinski definition) is 5.